The van der Waals surface area contributed by atoms with Crippen LogP contribution in [-0.2, 0) is 19.1 Å². The summed E-state index contributed by atoms with van der Waals surface area (Å²) in [7, 11) is 5.03. The number of likely N-dealkylation sites (tertiary alicyclic amines) is 1. The summed E-state index contributed by atoms with van der Waals surface area (Å²) < 4.78 is 15.9. The molecule has 1 aromatic carbocycles. The Hall–Kier alpha value is -2.68. The quantitative estimate of drug-likeness (QED) is 0.422. The lowest BCUT2D eigenvalue weighted by molar-refractivity contribution is -0.152. The Morgan fingerprint density at radius 3 is 2.61 bits per heavy atom. The highest BCUT2D eigenvalue weighted by molar-refractivity contribution is 8.04. The first-order chi connectivity index (χ1) is 17.4. The molecule has 1 saturated carbocycles. The summed E-state index contributed by atoms with van der Waals surface area (Å²) in [5.41, 5.74) is 0.875. The van der Waals surface area contributed by atoms with E-state index in [1.54, 1.807) is 32.9 Å². The predicted octanol–water partition coefficient (Wildman–Crippen LogP) is 3.59. The molecule has 0 aromatic heterocycles. The molecule has 36 heavy (non-hydrogen) atoms. The van der Waals surface area contributed by atoms with Gasteiger partial charge in [0.1, 0.15) is 0 Å². The average molecular weight is 517 g/mol. The van der Waals surface area contributed by atoms with E-state index in [0.29, 0.717) is 42.5 Å². The maximum Gasteiger partial charge on any atom is 0.310 e. The van der Waals surface area contributed by atoms with Crippen molar-refractivity contribution in [2.45, 2.75) is 50.3 Å². The van der Waals surface area contributed by atoms with Crippen LogP contribution < -0.4 is 9.47 Å². The van der Waals surface area contributed by atoms with Crippen molar-refractivity contribution in [3.8, 4) is 11.5 Å². The Balaban J connectivity index is 1.42. The zero-order valence-corrected chi connectivity index (χ0v) is 22.3. The van der Waals surface area contributed by atoms with E-state index < -0.39 is 0 Å². The molecule has 3 fully saturated rings. The summed E-state index contributed by atoms with van der Waals surface area (Å²) in [5.74, 6) is 0.779. The SMILES string of the molecule is CCOC(=O)C1CCCN(C(=O)C2CCC3S/C(=C\c4ccc(OC)c(OC)c4)C(=O)N(C)C3C2)C1. The van der Waals surface area contributed by atoms with Gasteiger partial charge >= 0.3 is 5.97 Å². The molecular formula is C27H36N2O6S. The fourth-order valence-electron chi connectivity index (χ4n) is 5.50. The summed E-state index contributed by atoms with van der Waals surface area (Å²) in [6.07, 6.45) is 5.79. The highest BCUT2D eigenvalue weighted by Crippen LogP contribution is 2.44. The van der Waals surface area contributed by atoms with Crippen LogP contribution in [0.15, 0.2) is 23.1 Å². The zero-order valence-electron chi connectivity index (χ0n) is 21.5. The Labute approximate surface area is 217 Å². The van der Waals surface area contributed by atoms with E-state index >= 15 is 0 Å². The van der Waals surface area contributed by atoms with Crippen LogP contribution in [0.25, 0.3) is 6.08 Å². The molecule has 1 aromatic rings. The molecule has 2 heterocycles. The second kappa shape index (κ2) is 11.6. The minimum Gasteiger partial charge on any atom is -0.493 e. The Kier molecular flexibility index (Phi) is 8.49. The first-order valence-corrected chi connectivity index (χ1v) is 13.6. The van der Waals surface area contributed by atoms with Crippen molar-refractivity contribution < 1.29 is 28.6 Å². The summed E-state index contributed by atoms with van der Waals surface area (Å²) in [4.78, 5) is 43.2. The Morgan fingerprint density at radius 2 is 1.89 bits per heavy atom. The van der Waals surface area contributed by atoms with Gasteiger partial charge in [-0.1, -0.05) is 6.07 Å². The lowest BCUT2D eigenvalue weighted by atomic mass is 9.83. The van der Waals surface area contributed by atoms with Crippen LogP contribution in [0.3, 0.4) is 0 Å². The normalized spacial score (nSPS) is 27.4. The zero-order chi connectivity index (χ0) is 25.8. The fourth-order valence-corrected chi connectivity index (χ4v) is 6.98. The standard InChI is InChI=1S/C27H36N2O6S/c1-5-35-27(32)19-7-6-12-29(16-19)25(30)18-9-11-23-20(15-18)28(2)26(31)24(36-23)14-17-8-10-21(33-3)22(13-17)34-4/h8,10,13-14,18-20,23H,5-7,9,11-12,15-16H2,1-4H3/b24-14-. The number of piperidine rings is 1. The number of methoxy groups -OCH3 is 2. The third-order valence-corrected chi connectivity index (χ3v) is 8.87. The van der Waals surface area contributed by atoms with E-state index in [0.717, 1.165) is 31.2 Å². The summed E-state index contributed by atoms with van der Waals surface area (Å²) in [6.45, 7) is 3.27. The number of amides is 2. The van der Waals surface area contributed by atoms with Crippen molar-refractivity contribution >= 4 is 35.6 Å². The molecular weight excluding hydrogens is 480 g/mol. The molecule has 0 radical (unpaired) electrons. The first-order valence-electron chi connectivity index (χ1n) is 12.7. The van der Waals surface area contributed by atoms with Crippen molar-refractivity contribution in [1.29, 1.82) is 0 Å². The number of nitrogens with zero attached hydrogens (tertiary/aromatic N) is 2. The molecule has 0 bridgehead atoms. The van der Waals surface area contributed by atoms with Gasteiger partial charge in [0.2, 0.25) is 5.91 Å². The number of esters is 1. The average Bonchev–Trinajstić information content (AvgIpc) is 2.91. The molecule has 4 atom stereocenters. The van der Waals surface area contributed by atoms with Crippen LogP contribution >= 0.6 is 11.8 Å². The molecule has 2 amide bonds. The van der Waals surface area contributed by atoms with Crippen LogP contribution in [0.4, 0.5) is 0 Å². The number of hydrogen-bond donors (Lipinski definition) is 0. The van der Waals surface area contributed by atoms with Crippen molar-refractivity contribution in [2.24, 2.45) is 11.8 Å². The topological polar surface area (TPSA) is 85.4 Å². The van der Waals surface area contributed by atoms with Crippen LogP contribution in [0.5, 0.6) is 11.5 Å². The second-order valence-electron chi connectivity index (χ2n) is 9.65. The number of fused-ring (bicyclic) bond motifs is 1. The lowest BCUT2D eigenvalue weighted by Gasteiger charge is -2.45. The summed E-state index contributed by atoms with van der Waals surface area (Å²) >= 11 is 1.62. The smallest absolute Gasteiger partial charge is 0.310 e. The third kappa shape index (κ3) is 5.51. The summed E-state index contributed by atoms with van der Waals surface area (Å²) in [5, 5.41) is 0.247. The summed E-state index contributed by atoms with van der Waals surface area (Å²) in [6, 6.07) is 5.62. The van der Waals surface area contributed by atoms with Gasteiger partial charge in [-0.05, 0) is 62.8 Å². The molecule has 3 aliphatic rings. The molecule has 4 rings (SSSR count). The molecule has 196 valence electrons. The third-order valence-electron chi connectivity index (χ3n) is 7.47. The van der Waals surface area contributed by atoms with Gasteiger partial charge < -0.3 is 24.0 Å². The van der Waals surface area contributed by atoms with Crippen LogP contribution in [0.1, 0.15) is 44.6 Å². The van der Waals surface area contributed by atoms with Gasteiger partial charge in [-0.3, -0.25) is 14.4 Å². The molecule has 0 spiro atoms. The van der Waals surface area contributed by atoms with Gasteiger partial charge in [-0.15, -0.1) is 11.8 Å². The fraction of sp³-hybridized carbons (Fsp3) is 0.593. The van der Waals surface area contributed by atoms with E-state index in [1.807, 2.05) is 41.1 Å². The highest BCUT2D eigenvalue weighted by atomic mass is 32.2. The van der Waals surface area contributed by atoms with E-state index in [1.165, 1.54) is 0 Å². The van der Waals surface area contributed by atoms with E-state index in [4.69, 9.17) is 14.2 Å². The molecule has 0 N–H and O–H groups in total. The van der Waals surface area contributed by atoms with Gasteiger partial charge in [0.25, 0.3) is 5.91 Å². The number of thioether (sulfide) groups is 1. The van der Waals surface area contributed by atoms with E-state index in [9.17, 15) is 14.4 Å². The number of ether oxygens (including phenoxy) is 3. The number of rotatable bonds is 6. The molecule has 2 saturated heterocycles. The van der Waals surface area contributed by atoms with Gasteiger partial charge in [0, 0.05) is 37.3 Å². The minimum absolute atomic E-state index is 0.0124. The molecule has 8 nitrogen and oxygen atoms in total. The molecule has 9 heteroatoms. The largest absolute Gasteiger partial charge is 0.493 e. The second-order valence-corrected chi connectivity index (χ2v) is 10.9. The van der Waals surface area contributed by atoms with E-state index in [2.05, 4.69) is 0 Å². The maximum atomic E-state index is 13.4. The van der Waals surface area contributed by atoms with Crippen molar-refractivity contribution in [3.05, 3.63) is 28.7 Å². The van der Waals surface area contributed by atoms with Gasteiger partial charge in [-0.25, -0.2) is 0 Å². The monoisotopic (exact) mass is 516 g/mol. The van der Waals surface area contributed by atoms with Gasteiger partial charge in [-0.2, -0.15) is 0 Å². The molecule has 1 aliphatic carbocycles. The number of benzene rings is 1. The number of carbonyl (C=O) groups is 3. The molecule has 4 unspecified atom stereocenters. The Morgan fingerprint density at radius 1 is 1.11 bits per heavy atom. The van der Waals surface area contributed by atoms with Gasteiger partial charge in [0.15, 0.2) is 11.5 Å². The van der Waals surface area contributed by atoms with E-state index in [-0.39, 0.29) is 40.9 Å². The maximum absolute atomic E-state index is 13.4. The minimum atomic E-state index is -0.238. The van der Waals surface area contributed by atoms with Crippen LogP contribution in [-0.4, -0.2) is 79.8 Å². The number of carbonyl (C=O) groups excluding carboxylic acids is 3. The van der Waals surface area contributed by atoms with Crippen LogP contribution in [0.2, 0.25) is 0 Å². The lowest BCUT2D eigenvalue weighted by Crippen LogP contribution is -2.53. The number of hydrogen-bond acceptors (Lipinski definition) is 7. The van der Waals surface area contributed by atoms with Gasteiger partial charge in [0.05, 0.1) is 31.6 Å². The van der Waals surface area contributed by atoms with Crippen LogP contribution in [0, 0.1) is 11.8 Å². The first kappa shape index (κ1) is 26.4. The van der Waals surface area contributed by atoms with Crippen molar-refractivity contribution in [1.82, 2.24) is 9.80 Å². The predicted molar refractivity (Wildman–Crippen MR) is 139 cm³/mol. The highest BCUT2D eigenvalue weighted by Gasteiger charge is 2.44. The Bertz CT molecular complexity index is 1030. The van der Waals surface area contributed by atoms with Crippen molar-refractivity contribution in [2.75, 3.05) is 41.0 Å². The van der Waals surface area contributed by atoms with Crippen molar-refractivity contribution in [3.63, 3.8) is 0 Å². The molecule has 2 aliphatic heterocycles. The number of likely N-dealkylation sites (N-methyl/N-ethyl adjacent to an activating group) is 1.